The largest absolute Gasteiger partial charge is 0.493 e. The number of aliphatic hydroxyl groups is 1. The van der Waals surface area contributed by atoms with Crippen LogP contribution in [0.2, 0.25) is 0 Å². The van der Waals surface area contributed by atoms with Crippen molar-refractivity contribution in [2.75, 3.05) is 34.7 Å². The lowest BCUT2D eigenvalue weighted by molar-refractivity contribution is -0.158. The van der Waals surface area contributed by atoms with Crippen molar-refractivity contribution in [1.29, 1.82) is 0 Å². The topological polar surface area (TPSA) is 92.7 Å². The number of carbonyl (C=O) groups is 1. The molecule has 1 saturated heterocycles. The van der Waals surface area contributed by atoms with E-state index < -0.39 is 6.10 Å². The van der Waals surface area contributed by atoms with Crippen molar-refractivity contribution in [2.45, 2.75) is 18.4 Å². The van der Waals surface area contributed by atoms with Gasteiger partial charge in [0.05, 0.1) is 34.0 Å². The fourth-order valence-corrected chi connectivity index (χ4v) is 5.07. The molecule has 8 heteroatoms. The molecule has 3 aliphatic rings. The summed E-state index contributed by atoms with van der Waals surface area (Å²) in [5.74, 6) is 1.90. The zero-order valence-electron chi connectivity index (χ0n) is 17.5. The zero-order chi connectivity index (χ0) is 21.7. The van der Waals surface area contributed by atoms with Crippen LogP contribution in [0.25, 0.3) is 0 Å². The molecule has 0 spiro atoms. The highest BCUT2D eigenvalue weighted by atomic mass is 16.7. The van der Waals surface area contributed by atoms with Crippen molar-refractivity contribution in [1.82, 2.24) is 0 Å². The van der Waals surface area contributed by atoms with Crippen LogP contribution in [0.15, 0.2) is 24.3 Å². The quantitative estimate of drug-likeness (QED) is 0.744. The van der Waals surface area contributed by atoms with Crippen LogP contribution >= 0.6 is 0 Å². The van der Waals surface area contributed by atoms with Crippen molar-refractivity contribution < 1.29 is 38.3 Å². The Morgan fingerprint density at radius 1 is 0.871 bits per heavy atom. The molecule has 2 aromatic carbocycles. The van der Waals surface area contributed by atoms with Crippen molar-refractivity contribution in [3.63, 3.8) is 0 Å². The number of esters is 1. The van der Waals surface area contributed by atoms with Crippen LogP contribution in [-0.2, 0) is 9.53 Å². The van der Waals surface area contributed by atoms with Gasteiger partial charge in [-0.1, -0.05) is 0 Å². The minimum atomic E-state index is -0.777. The van der Waals surface area contributed by atoms with E-state index in [1.54, 1.807) is 21.3 Å². The highest BCUT2D eigenvalue weighted by molar-refractivity contribution is 5.71. The highest BCUT2D eigenvalue weighted by Gasteiger charge is 2.47. The van der Waals surface area contributed by atoms with Gasteiger partial charge in [-0.15, -0.1) is 0 Å². The third-order valence-electron chi connectivity index (χ3n) is 6.50. The predicted octanol–water partition coefficient (Wildman–Crippen LogP) is 2.80. The number of ether oxygens (including phenoxy) is 6. The third-order valence-corrected chi connectivity index (χ3v) is 6.50. The molecule has 8 nitrogen and oxygen atoms in total. The Kier molecular flexibility index (Phi) is 4.81. The van der Waals surface area contributed by atoms with Crippen molar-refractivity contribution >= 4 is 5.97 Å². The molecule has 0 saturated carbocycles. The van der Waals surface area contributed by atoms with Gasteiger partial charge in [-0.25, -0.2) is 0 Å². The first-order chi connectivity index (χ1) is 15.0. The lowest BCUT2D eigenvalue weighted by Gasteiger charge is -2.44. The second-order valence-electron chi connectivity index (χ2n) is 7.93. The summed E-state index contributed by atoms with van der Waals surface area (Å²) >= 11 is 0. The van der Waals surface area contributed by atoms with E-state index in [9.17, 15) is 9.90 Å². The number of benzene rings is 2. The van der Waals surface area contributed by atoms with E-state index in [1.807, 2.05) is 24.3 Å². The third kappa shape index (κ3) is 3.05. The maximum atomic E-state index is 12.2. The van der Waals surface area contributed by atoms with Gasteiger partial charge >= 0.3 is 5.97 Å². The van der Waals surface area contributed by atoms with Crippen LogP contribution in [-0.4, -0.2) is 45.8 Å². The Balaban J connectivity index is 1.73. The number of fused-ring (bicyclic) bond motifs is 3. The molecule has 0 radical (unpaired) electrons. The van der Waals surface area contributed by atoms with Crippen LogP contribution in [0.4, 0.5) is 0 Å². The molecule has 1 fully saturated rings. The summed E-state index contributed by atoms with van der Waals surface area (Å²) in [4.78, 5) is 12.2. The van der Waals surface area contributed by atoms with E-state index in [1.165, 1.54) is 0 Å². The molecule has 2 heterocycles. The molecule has 4 atom stereocenters. The summed E-state index contributed by atoms with van der Waals surface area (Å²) in [6, 6.07) is 7.54. The number of hydrogen-bond acceptors (Lipinski definition) is 8. The minimum Gasteiger partial charge on any atom is -0.493 e. The summed E-state index contributed by atoms with van der Waals surface area (Å²) in [5, 5.41) is 11.2. The predicted molar refractivity (Wildman–Crippen MR) is 108 cm³/mol. The van der Waals surface area contributed by atoms with Crippen LogP contribution < -0.4 is 23.7 Å². The Hall–Kier alpha value is -3.13. The fourth-order valence-electron chi connectivity index (χ4n) is 5.07. The van der Waals surface area contributed by atoms with E-state index >= 15 is 0 Å². The average Bonchev–Trinajstić information content (AvgIpc) is 3.24. The van der Waals surface area contributed by atoms with Gasteiger partial charge in [-0.05, 0) is 46.9 Å². The molecule has 2 aromatic rings. The lowest BCUT2D eigenvalue weighted by atomic mass is 9.63. The molecule has 0 unspecified atom stereocenters. The summed E-state index contributed by atoms with van der Waals surface area (Å²) in [6.45, 7) is 0.303. The highest BCUT2D eigenvalue weighted by Crippen LogP contribution is 2.55. The van der Waals surface area contributed by atoms with E-state index in [-0.39, 0.29) is 43.5 Å². The standard InChI is InChI=1S/C23H24O8/c1-26-18-4-11(5-19(27-2)23(18)28-3)21-12-6-16-17(31-10-30-16)7-14(12)22(25)15-9-29-20(24)8-13(15)21/h4-7,13,15,21-22,25H,8-10H2,1-3H3/t13-,15-,21+,22-/m0/s1. The van der Waals surface area contributed by atoms with Crippen LogP contribution in [0.1, 0.15) is 35.1 Å². The molecule has 0 amide bonds. The molecule has 31 heavy (non-hydrogen) atoms. The number of aliphatic hydroxyl groups excluding tert-OH is 1. The van der Waals surface area contributed by atoms with Gasteiger partial charge in [0.2, 0.25) is 12.5 Å². The molecule has 1 N–H and O–H groups in total. The molecule has 2 aliphatic heterocycles. The number of methoxy groups -OCH3 is 3. The lowest BCUT2D eigenvalue weighted by Crippen LogP contribution is -2.42. The van der Waals surface area contributed by atoms with Crippen LogP contribution in [0.5, 0.6) is 28.7 Å². The Labute approximate surface area is 179 Å². The van der Waals surface area contributed by atoms with E-state index in [0.717, 1.165) is 16.7 Å². The molecule has 0 bridgehead atoms. The maximum absolute atomic E-state index is 12.2. The monoisotopic (exact) mass is 428 g/mol. The minimum absolute atomic E-state index is 0.137. The summed E-state index contributed by atoms with van der Waals surface area (Å²) < 4.78 is 33.0. The molecule has 164 valence electrons. The smallest absolute Gasteiger partial charge is 0.306 e. The zero-order valence-corrected chi connectivity index (χ0v) is 17.5. The first-order valence-electron chi connectivity index (χ1n) is 10.1. The second-order valence-corrected chi connectivity index (χ2v) is 7.93. The first kappa shape index (κ1) is 19.8. The summed E-state index contributed by atoms with van der Waals surface area (Å²) in [7, 11) is 4.69. The maximum Gasteiger partial charge on any atom is 0.306 e. The van der Waals surface area contributed by atoms with Gasteiger partial charge in [-0.2, -0.15) is 0 Å². The molecule has 1 aliphatic carbocycles. The Morgan fingerprint density at radius 3 is 2.13 bits per heavy atom. The summed E-state index contributed by atoms with van der Waals surface area (Å²) in [6.07, 6.45) is -0.572. The number of rotatable bonds is 4. The number of carbonyl (C=O) groups excluding carboxylic acids is 1. The van der Waals surface area contributed by atoms with E-state index in [4.69, 9.17) is 28.4 Å². The fraction of sp³-hybridized carbons (Fsp3) is 0.435. The summed E-state index contributed by atoms with van der Waals surface area (Å²) in [5.41, 5.74) is 2.54. The first-order valence-corrected chi connectivity index (χ1v) is 10.1. The Bertz CT molecular complexity index is 1010. The van der Waals surface area contributed by atoms with Crippen molar-refractivity contribution in [2.24, 2.45) is 11.8 Å². The second kappa shape index (κ2) is 7.53. The van der Waals surface area contributed by atoms with Crippen LogP contribution in [0, 0.1) is 11.8 Å². The molecule has 0 aromatic heterocycles. The van der Waals surface area contributed by atoms with E-state index in [0.29, 0.717) is 28.7 Å². The van der Waals surface area contributed by atoms with Crippen molar-refractivity contribution in [3.05, 3.63) is 41.0 Å². The van der Waals surface area contributed by atoms with Gasteiger partial charge in [0.15, 0.2) is 23.0 Å². The van der Waals surface area contributed by atoms with Gasteiger partial charge in [0.25, 0.3) is 0 Å². The molecule has 5 rings (SSSR count). The average molecular weight is 428 g/mol. The van der Waals surface area contributed by atoms with Crippen molar-refractivity contribution in [3.8, 4) is 28.7 Å². The van der Waals surface area contributed by atoms with Crippen LogP contribution in [0.3, 0.4) is 0 Å². The molecular weight excluding hydrogens is 404 g/mol. The van der Waals surface area contributed by atoms with Gasteiger partial charge < -0.3 is 33.5 Å². The SMILES string of the molecule is COc1cc([C@@H]2c3cc4c(cc3[C@H](O)[C@H]3COC(=O)C[C@H]23)OCO4)cc(OC)c1OC. The van der Waals surface area contributed by atoms with E-state index in [2.05, 4.69) is 0 Å². The number of cyclic esters (lactones) is 1. The normalized spacial score (nSPS) is 25.9. The Morgan fingerprint density at radius 2 is 1.52 bits per heavy atom. The molecular formula is C23H24O8. The van der Waals surface area contributed by atoms with Gasteiger partial charge in [0, 0.05) is 18.3 Å². The van der Waals surface area contributed by atoms with Gasteiger partial charge in [-0.3, -0.25) is 4.79 Å². The van der Waals surface area contributed by atoms with Gasteiger partial charge in [0.1, 0.15) is 0 Å². The number of hydrogen-bond donors (Lipinski definition) is 1.